The number of benzene rings is 2. The van der Waals surface area contributed by atoms with Crippen molar-refractivity contribution in [2.24, 2.45) is 7.05 Å². The quantitative estimate of drug-likeness (QED) is 0.374. The molecule has 0 spiro atoms. The van der Waals surface area contributed by atoms with Gasteiger partial charge < -0.3 is 9.47 Å². The zero-order chi connectivity index (χ0) is 28.1. The van der Waals surface area contributed by atoms with Crippen molar-refractivity contribution in [3.05, 3.63) is 47.8 Å². The van der Waals surface area contributed by atoms with E-state index in [4.69, 9.17) is 4.98 Å². The van der Waals surface area contributed by atoms with Gasteiger partial charge in [-0.2, -0.15) is 0 Å². The van der Waals surface area contributed by atoms with Gasteiger partial charge in [0.2, 0.25) is 0 Å². The Balaban J connectivity index is 1.32. The van der Waals surface area contributed by atoms with Crippen molar-refractivity contribution in [3.8, 4) is 11.4 Å². The summed E-state index contributed by atoms with van der Waals surface area (Å²) in [6.07, 6.45) is 6.92. The zero-order valence-corrected chi connectivity index (χ0v) is 25.0. The molecular formula is C31H43FN4O2S. The van der Waals surface area contributed by atoms with E-state index in [1.807, 2.05) is 7.05 Å². The Morgan fingerprint density at radius 1 is 1.08 bits per heavy atom. The van der Waals surface area contributed by atoms with Gasteiger partial charge in [0.05, 0.1) is 10.4 Å². The summed E-state index contributed by atoms with van der Waals surface area (Å²) in [6, 6.07) is 12.9. The van der Waals surface area contributed by atoms with Crippen molar-refractivity contribution in [3.63, 3.8) is 0 Å². The molecule has 2 aliphatic heterocycles. The summed E-state index contributed by atoms with van der Waals surface area (Å²) in [5, 5.41) is 0. The van der Waals surface area contributed by atoms with Gasteiger partial charge in [-0.05, 0) is 114 Å². The molecule has 3 atom stereocenters. The molecule has 0 aliphatic carbocycles. The molecule has 0 radical (unpaired) electrons. The highest BCUT2D eigenvalue weighted by molar-refractivity contribution is 7.90. The molecular weight excluding hydrogens is 511 g/mol. The van der Waals surface area contributed by atoms with E-state index in [0.717, 1.165) is 37.1 Å². The molecule has 3 aromatic rings. The molecule has 5 rings (SSSR count). The summed E-state index contributed by atoms with van der Waals surface area (Å²) in [5.41, 5.74) is 2.93. The lowest BCUT2D eigenvalue weighted by atomic mass is 9.84. The van der Waals surface area contributed by atoms with Crippen LogP contribution in [0.2, 0.25) is 0 Å². The van der Waals surface area contributed by atoms with Crippen molar-refractivity contribution < 1.29 is 12.8 Å². The maximum absolute atomic E-state index is 15.5. The lowest BCUT2D eigenvalue weighted by molar-refractivity contribution is -0.000179. The summed E-state index contributed by atoms with van der Waals surface area (Å²) in [6.45, 7) is 11.5. The van der Waals surface area contributed by atoms with Gasteiger partial charge in [-0.3, -0.25) is 4.90 Å². The van der Waals surface area contributed by atoms with E-state index in [1.165, 1.54) is 25.5 Å². The molecule has 2 fully saturated rings. The van der Waals surface area contributed by atoms with Gasteiger partial charge in [0.15, 0.2) is 9.84 Å². The second-order valence-corrected chi connectivity index (χ2v) is 14.1. The maximum atomic E-state index is 15.5. The number of likely N-dealkylation sites (tertiary alicyclic amines) is 2. The first-order valence-corrected chi connectivity index (χ1v) is 16.3. The standard InChI is InChI=1S/C31H43FN4O2S/c1-7-25-19-26(16-21(4)36(25)20(2)3)35-14-12-22(13-15-35)24-17-28(32)30-29(18-24)33-31(34(30)5)23-8-10-27(11-9-23)39(6,37)38/h8-11,17-18,20-22,25-26H,7,12-16,19H2,1-6H3. The highest BCUT2D eigenvalue weighted by Crippen LogP contribution is 2.36. The van der Waals surface area contributed by atoms with Crippen LogP contribution in [0.4, 0.5) is 4.39 Å². The van der Waals surface area contributed by atoms with Crippen LogP contribution in [0.5, 0.6) is 0 Å². The molecule has 2 saturated heterocycles. The van der Waals surface area contributed by atoms with E-state index < -0.39 is 9.84 Å². The number of hydrogen-bond acceptors (Lipinski definition) is 5. The predicted octanol–water partition coefficient (Wildman–Crippen LogP) is 6.00. The van der Waals surface area contributed by atoms with Crippen LogP contribution in [0.25, 0.3) is 22.4 Å². The average molecular weight is 555 g/mol. The molecule has 3 heterocycles. The molecule has 1 aromatic heterocycles. The number of nitrogens with zero attached hydrogens (tertiary/aromatic N) is 4. The fraction of sp³-hybridized carbons (Fsp3) is 0.581. The Morgan fingerprint density at radius 3 is 2.33 bits per heavy atom. The van der Waals surface area contributed by atoms with Crippen molar-refractivity contribution in [2.45, 2.75) is 94.8 Å². The first-order chi connectivity index (χ1) is 18.5. The van der Waals surface area contributed by atoms with Crippen molar-refractivity contribution in [1.29, 1.82) is 0 Å². The smallest absolute Gasteiger partial charge is 0.175 e. The highest BCUT2D eigenvalue weighted by Gasteiger charge is 2.37. The molecule has 0 saturated carbocycles. The second-order valence-electron chi connectivity index (χ2n) is 12.0. The third-order valence-corrected chi connectivity index (χ3v) is 10.3. The Hall–Kier alpha value is -2.29. The topological polar surface area (TPSA) is 58.4 Å². The Morgan fingerprint density at radius 2 is 1.74 bits per heavy atom. The molecule has 2 aliphatic rings. The van der Waals surface area contributed by atoms with E-state index in [9.17, 15) is 8.42 Å². The van der Waals surface area contributed by atoms with Gasteiger partial charge in [0.25, 0.3) is 0 Å². The Kier molecular flexibility index (Phi) is 7.92. The molecule has 8 heteroatoms. The number of aryl methyl sites for hydroxylation is 1. The normalized spacial score (nSPS) is 24.2. The molecule has 3 unspecified atom stereocenters. The van der Waals surface area contributed by atoms with E-state index in [0.29, 0.717) is 46.9 Å². The fourth-order valence-corrected chi connectivity index (χ4v) is 7.90. The predicted molar refractivity (Wildman–Crippen MR) is 156 cm³/mol. The molecule has 0 amide bonds. The van der Waals surface area contributed by atoms with E-state index >= 15 is 4.39 Å². The Labute approximate surface area is 233 Å². The number of sulfone groups is 1. The van der Waals surface area contributed by atoms with Gasteiger partial charge in [-0.1, -0.05) is 6.92 Å². The van der Waals surface area contributed by atoms with Gasteiger partial charge in [0.1, 0.15) is 17.2 Å². The first-order valence-electron chi connectivity index (χ1n) is 14.5. The minimum Gasteiger partial charge on any atom is -0.325 e. The lowest BCUT2D eigenvalue weighted by Gasteiger charge is -2.50. The van der Waals surface area contributed by atoms with Crippen LogP contribution in [0.1, 0.15) is 71.3 Å². The molecule has 6 nitrogen and oxygen atoms in total. The minimum atomic E-state index is -3.28. The molecule has 0 N–H and O–H groups in total. The number of hydrogen-bond donors (Lipinski definition) is 0. The van der Waals surface area contributed by atoms with E-state index in [2.05, 4.69) is 43.6 Å². The number of rotatable bonds is 6. The maximum Gasteiger partial charge on any atom is 0.175 e. The Bertz CT molecular complexity index is 1430. The third kappa shape index (κ3) is 5.52. The van der Waals surface area contributed by atoms with Gasteiger partial charge >= 0.3 is 0 Å². The van der Waals surface area contributed by atoms with Gasteiger partial charge in [-0.25, -0.2) is 17.8 Å². The van der Waals surface area contributed by atoms with E-state index in [-0.39, 0.29) is 10.7 Å². The lowest BCUT2D eigenvalue weighted by Crippen LogP contribution is -2.56. The fourth-order valence-electron chi connectivity index (χ4n) is 7.27. The zero-order valence-electron chi connectivity index (χ0n) is 24.2. The third-order valence-electron chi connectivity index (χ3n) is 9.16. The monoisotopic (exact) mass is 554 g/mol. The van der Waals surface area contributed by atoms with Crippen LogP contribution in [-0.4, -0.2) is 71.3 Å². The van der Waals surface area contributed by atoms with Crippen molar-refractivity contribution in [1.82, 2.24) is 19.4 Å². The summed E-state index contributed by atoms with van der Waals surface area (Å²) in [4.78, 5) is 10.5. The second kappa shape index (κ2) is 10.9. The molecule has 0 bridgehead atoms. The number of fused-ring (bicyclic) bond motifs is 1. The number of piperidine rings is 2. The number of halogens is 1. The van der Waals surface area contributed by atoms with Crippen LogP contribution >= 0.6 is 0 Å². The average Bonchev–Trinajstić information content (AvgIpc) is 3.24. The van der Waals surface area contributed by atoms with Crippen LogP contribution in [0.3, 0.4) is 0 Å². The van der Waals surface area contributed by atoms with Crippen LogP contribution in [-0.2, 0) is 16.9 Å². The highest BCUT2D eigenvalue weighted by atomic mass is 32.2. The van der Waals surface area contributed by atoms with E-state index in [1.54, 1.807) is 34.9 Å². The van der Waals surface area contributed by atoms with Crippen LogP contribution in [0, 0.1) is 5.82 Å². The van der Waals surface area contributed by atoms with Gasteiger partial charge in [0, 0.05) is 43.0 Å². The van der Waals surface area contributed by atoms with Gasteiger partial charge in [-0.15, -0.1) is 0 Å². The summed E-state index contributed by atoms with van der Waals surface area (Å²) in [5.74, 6) is 0.706. The number of aromatic nitrogens is 2. The van der Waals surface area contributed by atoms with Crippen LogP contribution in [0.15, 0.2) is 41.3 Å². The molecule has 39 heavy (non-hydrogen) atoms. The van der Waals surface area contributed by atoms with Crippen LogP contribution < -0.4 is 0 Å². The SMILES string of the molecule is CCC1CC(N2CCC(c3cc(F)c4c(c3)nc(-c3ccc(S(C)(=O)=O)cc3)n4C)CC2)CC(C)N1C(C)C. The summed E-state index contributed by atoms with van der Waals surface area (Å²) < 4.78 is 40.9. The van der Waals surface area contributed by atoms with Crippen molar-refractivity contribution >= 4 is 20.9 Å². The summed E-state index contributed by atoms with van der Waals surface area (Å²) >= 11 is 0. The summed E-state index contributed by atoms with van der Waals surface area (Å²) in [7, 11) is -1.47. The van der Waals surface area contributed by atoms with Crippen molar-refractivity contribution in [2.75, 3.05) is 19.3 Å². The minimum absolute atomic E-state index is 0.250. The molecule has 2 aromatic carbocycles. The first kappa shape index (κ1) is 28.2. The largest absolute Gasteiger partial charge is 0.325 e. The molecule has 212 valence electrons. The number of imidazole rings is 1.